The number of methoxy groups -OCH3 is 1. The van der Waals surface area contributed by atoms with Gasteiger partial charge in [0.15, 0.2) is 0 Å². The second-order valence-corrected chi connectivity index (χ2v) is 8.01. The third kappa shape index (κ3) is 3.35. The topological polar surface area (TPSA) is 58.6 Å². The number of esters is 1. The molecule has 0 saturated carbocycles. The molecule has 1 aliphatic rings. The summed E-state index contributed by atoms with van der Waals surface area (Å²) in [6.07, 6.45) is 0. The summed E-state index contributed by atoms with van der Waals surface area (Å²) in [5, 5.41) is 2.92. The summed E-state index contributed by atoms with van der Waals surface area (Å²) >= 11 is 4.90. The van der Waals surface area contributed by atoms with E-state index in [0.29, 0.717) is 23.7 Å². The smallest absolute Gasteiger partial charge is 0.338 e. The second-order valence-electron chi connectivity index (χ2n) is 5.52. The number of hydrogen-bond donors (Lipinski definition) is 1. The monoisotopic (exact) mass is 386 g/mol. The Morgan fingerprint density at radius 2 is 2.18 bits per heavy atom. The van der Waals surface area contributed by atoms with E-state index < -0.39 is 12.0 Å². The van der Waals surface area contributed by atoms with Gasteiger partial charge in [0, 0.05) is 17.1 Å². The molecule has 1 aromatic heterocycles. The van der Waals surface area contributed by atoms with Crippen molar-refractivity contribution < 1.29 is 14.3 Å². The van der Waals surface area contributed by atoms with Crippen LogP contribution in [0.15, 0.2) is 27.2 Å². The summed E-state index contributed by atoms with van der Waals surface area (Å²) in [7, 11) is 1.35. The molecule has 0 spiro atoms. The van der Waals surface area contributed by atoms with Gasteiger partial charge in [-0.2, -0.15) is 0 Å². The molecule has 1 aliphatic heterocycles. The van der Waals surface area contributed by atoms with E-state index in [-0.39, 0.29) is 6.03 Å². The second kappa shape index (κ2) is 6.83. The quantitative estimate of drug-likeness (QED) is 0.802. The minimum absolute atomic E-state index is 0.187. The fourth-order valence-electron chi connectivity index (χ4n) is 2.44. The zero-order chi connectivity index (χ0) is 16.4. The van der Waals surface area contributed by atoms with Gasteiger partial charge in [-0.05, 0) is 40.9 Å². The number of urea groups is 1. The van der Waals surface area contributed by atoms with Crippen LogP contribution in [0.4, 0.5) is 4.79 Å². The Balaban J connectivity index is 2.49. The third-order valence-corrected chi connectivity index (χ3v) is 5.12. The normalized spacial score (nSPS) is 18.7. The van der Waals surface area contributed by atoms with Crippen LogP contribution in [0, 0.1) is 5.92 Å². The van der Waals surface area contributed by atoms with Gasteiger partial charge in [0.1, 0.15) is 0 Å². The van der Waals surface area contributed by atoms with Gasteiger partial charge in [-0.25, -0.2) is 9.59 Å². The van der Waals surface area contributed by atoms with Crippen LogP contribution in [-0.4, -0.2) is 30.6 Å². The minimum atomic E-state index is -0.473. The molecule has 0 fully saturated rings. The number of nitrogens with one attached hydrogen (secondary N) is 1. The highest BCUT2D eigenvalue weighted by Gasteiger charge is 2.36. The maximum absolute atomic E-state index is 12.4. The maximum Gasteiger partial charge on any atom is 0.338 e. The van der Waals surface area contributed by atoms with Crippen LogP contribution in [0.25, 0.3) is 0 Å². The van der Waals surface area contributed by atoms with Crippen LogP contribution < -0.4 is 5.32 Å². The number of thiophene rings is 1. The van der Waals surface area contributed by atoms with Crippen molar-refractivity contribution in [2.45, 2.75) is 26.8 Å². The van der Waals surface area contributed by atoms with Crippen molar-refractivity contribution in [2.24, 2.45) is 5.92 Å². The number of carbonyl (C=O) groups is 2. The fraction of sp³-hybridized carbons (Fsp3) is 0.467. The van der Waals surface area contributed by atoms with E-state index in [0.717, 1.165) is 8.66 Å². The van der Waals surface area contributed by atoms with E-state index >= 15 is 0 Å². The van der Waals surface area contributed by atoms with Crippen molar-refractivity contribution in [3.05, 3.63) is 32.1 Å². The number of ether oxygens (including phenoxy) is 1. The maximum atomic E-state index is 12.4. The molecule has 0 aliphatic carbocycles. The first-order valence-corrected chi connectivity index (χ1v) is 8.58. The lowest BCUT2D eigenvalue weighted by Crippen LogP contribution is -2.48. The molecule has 1 atom stereocenters. The van der Waals surface area contributed by atoms with Crippen LogP contribution in [0.2, 0.25) is 0 Å². The van der Waals surface area contributed by atoms with Crippen LogP contribution in [0.3, 0.4) is 0 Å². The van der Waals surface area contributed by atoms with E-state index in [1.165, 1.54) is 18.4 Å². The van der Waals surface area contributed by atoms with Crippen molar-refractivity contribution in [1.29, 1.82) is 0 Å². The molecule has 2 amide bonds. The first-order valence-electron chi connectivity index (χ1n) is 6.97. The van der Waals surface area contributed by atoms with E-state index in [4.69, 9.17) is 4.74 Å². The first kappa shape index (κ1) is 17.0. The number of hydrogen-bond acceptors (Lipinski definition) is 4. The number of halogens is 1. The molecule has 0 aromatic carbocycles. The number of carbonyl (C=O) groups excluding carboxylic acids is 2. The van der Waals surface area contributed by atoms with Crippen molar-refractivity contribution in [2.75, 3.05) is 13.7 Å². The molecule has 0 bridgehead atoms. The van der Waals surface area contributed by atoms with Gasteiger partial charge < -0.3 is 10.1 Å². The van der Waals surface area contributed by atoms with Crippen molar-refractivity contribution in [3.8, 4) is 0 Å². The highest BCUT2D eigenvalue weighted by atomic mass is 79.9. The highest BCUT2D eigenvalue weighted by molar-refractivity contribution is 9.11. The summed E-state index contributed by atoms with van der Waals surface area (Å²) in [5.41, 5.74) is 1.14. The fourth-order valence-corrected chi connectivity index (χ4v) is 3.92. The molecule has 2 rings (SSSR count). The van der Waals surface area contributed by atoms with Gasteiger partial charge in [-0.15, -0.1) is 11.3 Å². The minimum Gasteiger partial charge on any atom is -0.466 e. The van der Waals surface area contributed by atoms with Crippen LogP contribution in [0.5, 0.6) is 0 Å². The van der Waals surface area contributed by atoms with Gasteiger partial charge in [0.25, 0.3) is 0 Å². The van der Waals surface area contributed by atoms with Gasteiger partial charge >= 0.3 is 12.0 Å². The van der Waals surface area contributed by atoms with Gasteiger partial charge in [-0.1, -0.05) is 13.8 Å². The predicted molar refractivity (Wildman–Crippen MR) is 89.6 cm³/mol. The van der Waals surface area contributed by atoms with Crippen molar-refractivity contribution >= 4 is 39.3 Å². The Labute approximate surface area is 142 Å². The van der Waals surface area contributed by atoms with Gasteiger partial charge in [0.05, 0.1) is 22.5 Å². The summed E-state index contributed by atoms with van der Waals surface area (Å²) in [5.74, 6) is -0.118. The number of amides is 2. The molecule has 22 heavy (non-hydrogen) atoms. The zero-order valence-corrected chi connectivity index (χ0v) is 15.4. The van der Waals surface area contributed by atoms with E-state index in [9.17, 15) is 9.59 Å². The molecule has 0 radical (unpaired) electrons. The molecule has 5 nitrogen and oxygen atoms in total. The molecule has 0 unspecified atom stereocenters. The van der Waals surface area contributed by atoms with Crippen LogP contribution >= 0.6 is 27.3 Å². The first-order chi connectivity index (χ1) is 10.3. The number of rotatable bonds is 4. The number of allylic oxidation sites excluding steroid dienone is 1. The molecule has 2 heterocycles. The largest absolute Gasteiger partial charge is 0.466 e. The lowest BCUT2D eigenvalue weighted by Gasteiger charge is -2.35. The van der Waals surface area contributed by atoms with E-state index in [1.54, 1.807) is 11.8 Å². The molecule has 7 heteroatoms. The summed E-state index contributed by atoms with van der Waals surface area (Å²) in [6.45, 7) is 6.41. The predicted octanol–water partition coefficient (Wildman–Crippen LogP) is 3.68. The molecular formula is C15H19BrN2O3S. The molecule has 1 aromatic rings. The van der Waals surface area contributed by atoms with Crippen LogP contribution in [0.1, 0.15) is 31.7 Å². The third-order valence-electron chi connectivity index (χ3n) is 3.43. The molecule has 1 N–H and O–H groups in total. The van der Waals surface area contributed by atoms with Gasteiger partial charge in [-0.3, -0.25) is 4.90 Å². The summed E-state index contributed by atoms with van der Waals surface area (Å²) in [6, 6.07) is 3.14. The number of nitrogens with zero attached hydrogens (tertiary/aromatic N) is 1. The average molecular weight is 387 g/mol. The van der Waals surface area contributed by atoms with Crippen molar-refractivity contribution in [1.82, 2.24) is 10.2 Å². The SMILES string of the molecule is COC(=O)C1=C(C)N(CC(C)C)C(=O)N[C@H]1c1ccc(Br)s1. The molecular weight excluding hydrogens is 368 g/mol. The Morgan fingerprint density at radius 3 is 2.68 bits per heavy atom. The van der Waals surface area contributed by atoms with Gasteiger partial charge in [0.2, 0.25) is 0 Å². The zero-order valence-electron chi connectivity index (χ0n) is 13.0. The summed E-state index contributed by atoms with van der Waals surface area (Å²) in [4.78, 5) is 27.1. The summed E-state index contributed by atoms with van der Waals surface area (Å²) < 4.78 is 5.87. The highest BCUT2D eigenvalue weighted by Crippen LogP contribution is 2.36. The van der Waals surface area contributed by atoms with E-state index in [2.05, 4.69) is 21.2 Å². The Hall–Kier alpha value is -1.34. The lowest BCUT2D eigenvalue weighted by molar-refractivity contribution is -0.136. The Morgan fingerprint density at radius 1 is 1.50 bits per heavy atom. The van der Waals surface area contributed by atoms with Crippen LogP contribution in [-0.2, 0) is 9.53 Å². The van der Waals surface area contributed by atoms with Crippen molar-refractivity contribution in [3.63, 3.8) is 0 Å². The standard InChI is InChI=1S/C15H19BrN2O3S/c1-8(2)7-18-9(3)12(14(19)21-4)13(17-15(18)20)10-5-6-11(16)22-10/h5-6,8,13H,7H2,1-4H3,(H,17,20)/t13-/m0/s1. The van der Waals surface area contributed by atoms with E-state index in [1.807, 2.05) is 26.0 Å². The Bertz CT molecular complexity index is 624. The lowest BCUT2D eigenvalue weighted by atomic mass is 10.00. The average Bonchev–Trinajstić information content (AvgIpc) is 2.88. The molecule has 120 valence electrons. The Kier molecular flexibility index (Phi) is 5.28. The molecule has 0 saturated heterocycles.